The summed E-state index contributed by atoms with van der Waals surface area (Å²) in [6.07, 6.45) is 0. The zero-order valence-electron chi connectivity index (χ0n) is 10.5. The van der Waals surface area contributed by atoms with Gasteiger partial charge in [0.25, 0.3) is 0 Å². The van der Waals surface area contributed by atoms with Crippen molar-refractivity contribution >= 4 is 5.69 Å². The molecule has 18 heavy (non-hydrogen) atoms. The predicted octanol–water partition coefficient (Wildman–Crippen LogP) is 3.74. The summed E-state index contributed by atoms with van der Waals surface area (Å²) in [5.41, 5.74) is 0.699. The quantitative estimate of drug-likeness (QED) is 0.876. The molecule has 96 valence electrons. The fourth-order valence-corrected chi connectivity index (χ4v) is 1.65. The molecule has 0 aliphatic rings. The maximum Gasteiger partial charge on any atom is 0.167 e. The van der Waals surface area contributed by atoms with E-state index in [9.17, 15) is 4.39 Å². The van der Waals surface area contributed by atoms with Crippen LogP contribution in [-0.4, -0.2) is 6.61 Å². The number of aryl methyl sites for hydroxylation is 1. The Balaban J connectivity index is 1.99. The number of ether oxygens (including phenoxy) is 1. The third-order valence-electron chi connectivity index (χ3n) is 2.49. The number of hydrogen-bond donors (Lipinski definition) is 1. The monoisotopic (exact) mass is 249 g/mol. The second-order valence-corrected chi connectivity index (χ2v) is 3.94. The third kappa shape index (κ3) is 3.03. The van der Waals surface area contributed by atoms with E-state index in [1.54, 1.807) is 12.1 Å². The van der Waals surface area contributed by atoms with E-state index in [4.69, 9.17) is 9.15 Å². The first kappa shape index (κ1) is 12.5. The van der Waals surface area contributed by atoms with E-state index < -0.39 is 0 Å². The zero-order valence-corrected chi connectivity index (χ0v) is 10.5. The van der Waals surface area contributed by atoms with Gasteiger partial charge in [-0.2, -0.15) is 0 Å². The van der Waals surface area contributed by atoms with Crippen molar-refractivity contribution in [1.82, 2.24) is 0 Å². The lowest BCUT2D eigenvalue weighted by Crippen LogP contribution is -2.00. The molecule has 0 atom stereocenters. The van der Waals surface area contributed by atoms with Gasteiger partial charge < -0.3 is 14.5 Å². The van der Waals surface area contributed by atoms with Crippen molar-refractivity contribution in [3.05, 3.63) is 47.7 Å². The smallest absolute Gasteiger partial charge is 0.167 e. The summed E-state index contributed by atoms with van der Waals surface area (Å²) in [6, 6.07) is 8.61. The van der Waals surface area contributed by atoms with Gasteiger partial charge in [0.15, 0.2) is 11.6 Å². The number of hydrogen-bond acceptors (Lipinski definition) is 3. The van der Waals surface area contributed by atoms with Gasteiger partial charge in [-0.25, -0.2) is 4.39 Å². The van der Waals surface area contributed by atoms with Crippen molar-refractivity contribution in [2.45, 2.75) is 20.4 Å². The van der Waals surface area contributed by atoms with Crippen molar-refractivity contribution < 1.29 is 13.5 Å². The summed E-state index contributed by atoms with van der Waals surface area (Å²) in [5.74, 6) is 1.60. The van der Waals surface area contributed by atoms with Gasteiger partial charge in [-0.15, -0.1) is 0 Å². The molecule has 0 saturated heterocycles. The van der Waals surface area contributed by atoms with Crippen molar-refractivity contribution in [1.29, 1.82) is 0 Å². The minimum atomic E-state index is -0.363. The molecule has 2 rings (SSSR count). The Kier molecular flexibility index (Phi) is 3.87. The first-order chi connectivity index (χ1) is 8.69. The molecule has 1 aromatic carbocycles. The first-order valence-corrected chi connectivity index (χ1v) is 5.90. The summed E-state index contributed by atoms with van der Waals surface area (Å²) in [6.45, 7) is 4.70. The highest BCUT2D eigenvalue weighted by atomic mass is 19.1. The number of furan rings is 1. The molecular formula is C14H16FNO2. The molecule has 0 aliphatic heterocycles. The third-order valence-corrected chi connectivity index (χ3v) is 2.49. The van der Waals surface area contributed by atoms with Crippen molar-refractivity contribution in [2.75, 3.05) is 11.9 Å². The Labute approximate surface area is 106 Å². The van der Waals surface area contributed by atoms with E-state index in [1.165, 1.54) is 6.07 Å². The van der Waals surface area contributed by atoms with Crippen LogP contribution in [0.15, 0.2) is 34.7 Å². The Bertz CT molecular complexity index is 522. The molecule has 0 fully saturated rings. The average molecular weight is 249 g/mol. The molecule has 0 unspecified atom stereocenters. The maximum atomic E-state index is 13.6. The molecular weight excluding hydrogens is 233 g/mol. The summed E-state index contributed by atoms with van der Waals surface area (Å²) in [7, 11) is 0. The molecule has 1 N–H and O–H groups in total. The second-order valence-electron chi connectivity index (χ2n) is 3.94. The van der Waals surface area contributed by atoms with Gasteiger partial charge in [0, 0.05) is 11.8 Å². The largest absolute Gasteiger partial charge is 0.491 e. The minimum absolute atomic E-state index is 0.275. The molecule has 0 amide bonds. The predicted molar refractivity (Wildman–Crippen MR) is 68.3 cm³/mol. The van der Waals surface area contributed by atoms with Gasteiger partial charge in [0.05, 0.1) is 13.2 Å². The van der Waals surface area contributed by atoms with Crippen LogP contribution in [0.3, 0.4) is 0 Å². The van der Waals surface area contributed by atoms with E-state index in [0.29, 0.717) is 18.8 Å². The number of rotatable bonds is 5. The first-order valence-electron chi connectivity index (χ1n) is 5.90. The topological polar surface area (TPSA) is 34.4 Å². The highest BCUT2D eigenvalue weighted by Crippen LogP contribution is 2.21. The Morgan fingerprint density at radius 3 is 2.72 bits per heavy atom. The molecule has 3 nitrogen and oxygen atoms in total. The number of halogens is 1. The number of benzene rings is 1. The highest BCUT2D eigenvalue weighted by molar-refractivity contribution is 5.47. The molecule has 2 aromatic rings. The van der Waals surface area contributed by atoms with Gasteiger partial charge in [0.1, 0.15) is 11.5 Å². The Hall–Kier alpha value is -1.97. The SMILES string of the molecule is CCOc1ccc(NCc2ccc(C)o2)cc1F. The normalized spacial score (nSPS) is 10.4. The summed E-state index contributed by atoms with van der Waals surface area (Å²) >= 11 is 0. The van der Waals surface area contributed by atoms with E-state index in [0.717, 1.165) is 11.5 Å². The van der Waals surface area contributed by atoms with Gasteiger partial charge in [0.2, 0.25) is 0 Å². The second kappa shape index (κ2) is 5.58. The van der Waals surface area contributed by atoms with E-state index in [-0.39, 0.29) is 11.6 Å². The van der Waals surface area contributed by atoms with Crippen LogP contribution >= 0.6 is 0 Å². The van der Waals surface area contributed by atoms with Crippen LogP contribution in [-0.2, 0) is 6.54 Å². The fraction of sp³-hybridized carbons (Fsp3) is 0.286. The molecule has 4 heteroatoms. The van der Waals surface area contributed by atoms with Crippen LogP contribution in [0.2, 0.25) is 0 Å². The van der Waals surface area contributed by atoms with E-state index in [2.05, 4.69) is 5.32 Å². The lowest BCUT2D eigenvalue weighted by Gasteiger charge is -2.08. The zero-order chi connectivity index (χ0) is 13.0. The molecule has 1 aromatic heterocycles. The standard InChI is InChI=1S/C14H16FNO2/c1-3-17-14-7-5-11(8-13(14)15)16-9-12-6-4-10(2)18-12/h4-8,16H,3,9H2,1-2H3. The highest BCUT2D eigenvalue weighted by Gasteiger charge is 2.04. The van der Waals surface area contributed by atoms with Crippen LogP contribution in [0, 0.1) is 12.7 Å². The van der Waals surface area contributed by atoms with Crippen LogP contribution in [0.1, 0.15) is 18.4 Å². The van der Waals surface area contributed by atoms with Crippen LogP contribution in [0.5, 0.6) is 5.75 Å². The Morgan fingerprint density at radius 2 is 2.11 bits per heavy atom. The van der Waals surface area contributed by atoms with Crippen molar-refractivity contribution in [3.8, 4) is 5.75 Å². The molecule has 0 bridgehead atoms. The van der Waals surface area contributed by atoms with E-state index in [1.807, 2.05) is 26.0 Å². The van der Waals surface area contributed by atoms with E-state index >= 15 is 0 Å². The molecule has 0 spiro atoms. The maximum absolute atomic E-state index is 13.6. The average Bonchev–Trinajstić information content (AvgIpc) is 2.76. The van der Waals surface area contributed by atoms with Crippen LogP contribution in [0.25, 0.3) is 0 Å². The number of nitrogens with one attached hydrogen (secondary N) is 1. The Morgan fingerprint density at radius 1 is 1.28 bits per heavy atom. The van der Waals surface area contributed by atoms with Gasteiger partial charge in [-0.05, 0) is 38.1 Å². The minimum Gasteiger partial charge on any atom is -0.491 e. The lowest BCUT2D eigenvalue weighted by molar-refractivity contribution is 0.321. The molecule has 0 aliphatic carbocycles. The number of anilines is 1. The van der Waals surface area contributed by atoms with Gasteiger partial charge in [-0.3, -0.25) is 0 Å². The van der Waals surface area contributed by atoms with Crippen LogP contribution in [0.4, 0.5) is 10.1 Å². The van der Waals surface area contributed by atoms with Gasteiger partial charge in [-0.1, -0.05) is 0 Å². The molecule has 1 heterocycles. The van der Waals surface area contributed by atoms with Crippen molar-refractivity contribution in [3.63, 3.8) is 0 Å². The summed E-state index contributed by atoms with van der Waals surface area (Å²) < 4.78 is 24.1. The van der Waals surface area contributed by atoms with Crippen molar-refractivity contribution in [2.24, 2.45) is 0 Å². The molecule has 0 radical (unpaired) electrons. The van der Waals surface area contributed by atoms with Gasteiger partial charge >= 0.3 is 0 Å². The molecule has 0 saturated carbocycles. The van der Waals surface area contributed by atoms with Crippen LogP contribution < -0.4 is 10.1 Å². The fourth-order valence-electron chi connectivity index (χ4n) is 1.65. The lowest BCUT2D eigenvalue weighted by atomic mass is 10.3. The summed E-state index contributed by atoms with van der Waals surface area (Å²) in [5, 5.41) is 3.10. The summed E-state index contributed by atoms with van der Waals surface area (Å²) in [4.78, 5) is 0.